The minimum atomic E-state index is -1.46. The lowest BCUT2D eigenvalue weighted by Gasteiger charge is -2.38. The van der Waals surface area contributed by atoms with E-state index in [9.17, 15) is 20.1 Å². The van der Waals surface area contributed by atoms with E-state index in [-0.39, 0.29) is 11.5 Å². The normalized spacial score (nSPS) is 40.8. The summed E-state index contributed by atoms with van der Waals surface area (Å²) in [6.07, 6.45) is -6.06. The molecular formula is C13H20O7. The molecule has 2 aliphatic rings. The first-order chi connectivity index (χ1) is 9.15. The van der Waals surface area contributed by atoms with Gasteiger partial charge >= 0.3 is 0 Å². The standard InChI is InChI=1S/C13H20O7/c1-5-7(14)8(15)9(16)12(18-5)19-10-6(2)20-13(3,4)11(10)17/h5,7-9,12,14-16H,1-4H3/t5?,7-,8+,9?,12-/m1/s1. The van der Waals surface area contributed by atoms with Crippen LogP contribution in [0.4, 0.5) is 0 Å². The molecule has 0 aromatic heterocycles. The van der Waals surface area contributed by atoms with Crippen LogP contribution in [0.2, 0.25) is 0 Å². The van der Waals surface area contributed by atoms with Gasteiger partial charge in [0.05, 0.1) is 6.10 Å². The molecule has 0 aromatic carbocycles. The average molecular weight is 288 g/mol. The van der Waals surface area contributed by atoms with Crippen LogP contribution < -0.4 is 0 Å². The number of carbonyl (C=O) groups is 1. The lowest BCUT2D eigenvalue weighted by atomic mass is 10.00. The molecule has 20 heavy (non-hydrogen) atoms. The van der Waals surface area contributed by atoms with Crippen molar-refractivity contribution in [2.45, 2.75) is 64.0 Å². The van der Waals surface area contributed by atoms with Crippen molar-refractivity contribution in [1.82, 2.24) is 0 Å². The van der Waals surface area contributed by atoms with Crippen LogP contribution in [0.15, 0.2) is 11.5 Å². The van der Waals surface area contributed by atoms with E-state index < -0.39 is 36.3 Å². The number of ketones is 1. The Morgan fingerprint density at radius 1 is 1.15 bits per heavy atom. The fraction of sp³-hybridized carbons (Fsp3) is 0.769. The lowest BCUT2D eigenvalue weighted by molar-refractivity contribution is -0.282. The Hall–Kier alpha value is -1.15. The van der Waals surface area contributed by atoms with Gasteiger partial charge in [-0.2, -0.15) is 0 Å². The minimum absolute atomic E-state index is 0.0326. The summed E-state index contributed by atoms with van der Waals surface area (Å²) in [4.78, 5) is 12.1. The van der Waals surface area contributed by atoms with Gasteiger partial charge in [0, 0.05) is 0 Å². The van der Waals surface area contributed by atoms with Crippen LogP contribution in [0.1, 0.15) is 27.7 Å². The van der Waals surface area contributed by atoms with Crippen molar-refractivity contribution >= 4 is 5.78 Å². The third-order valence-corrected chi connectivity index (χ3v) is 3.52. The van der Waals surface area contributed by atoms with Crippen molar-refractivity contribution < 1.29 is 34.3 Å². The zero-order chi connectivity index (χ0) is 15.2. The van der Waals surface area contributed by atoms with E-state index in [1.807, 2.05) is 0 Å². The topological polar surface area (TPSA) is 105 Å². The van der Waals surface area contributed by atoms with Crippen LogP contribution >= 0.6 is 0 Å². The SMILES string of the molecule is CC1=C(O[C@H]2OC(C)[C@@H](O)[C@H](O)C2O)C(=O)C(C)(C)O1. The van der Waals surface area contributed by atoms with Crippen molar-refractivity contribution in [2.24, 2.45) is 0 Å². The number of rotatable bonds is 2. The summed E-state index contributed by atoms with van der Waals surface area (Å²) in [5.74, 6) is -0.0991. The van der Waals surface area contributed by atoms with Crippen LogP contribution in [0, 0.1) is 0 Å². The Bertz CT molecular complexity index is 442. The molecule has 0 spiro atoms. The van der Waals surface area contributed by atoms with Gasteiger partial charge in [0.25, 0.3) is 0 Å². The van der Waals surface area contributed by atoms with Gasteiger partial charge in [-0.05, 0) is 27.7 Å². The molecule has 1 fully saturated rings. The quantitative estimate of drug-likeness (QED) is 0.625. The van der Waals surface area contributed by atoms with Crippen LogP contribution in [0.5, 0.6) is 0 Å². The summed E-state index contributed by atoms with van der Waals surface area (Å²) in [5, 5.41) is 29.1. The number of carbonyl (C=O) groups excluding carboxylic acids is 1. The van der Waals surface area contributed by atoms with Crippen LogP contribution in [0.3, 0.4) is 0 Å². The molecule has 0 saturated carbocycles. The van der Waals surface area contributed by atoms with E-state index >= 15 is 0 Å². The first-order valence-corrected chi connectivity index (χ1v) is 6.46. The molecular weight excluding hydrogens is 268 g/mol. The molecule has 0 radical (unpaired) electrons. The number of allylic oxidation sites excluding steroid dienone is 1. The van der Waals surface area contributed by atoms with Gasteiger partial charge in [-0.3, -0.25) is 4.79 Å². The van der Waals surface area contributed by atoms with E-state index in [1.54, 1.807) is 20.8 Å². The van der Waals surface area contributed by atoms with Crippen molar-refractivity contribution in [1.29, 1.82) is 0 Å². The highest BCUT2D eigenvalue weighted by Crippen LogP contribution is 2.33. The monoisotopic (exact) mass is 288 g/mol. The van der Waals surface area contributed by atoms with E-state index in [0.717, 1.165) is 0 Å². The average Bonchev–Trinajstić information content (AvgIpc) is 2.55. The molecule has 1 saturated heterocycles. The first-order valence-electron chi connectivity index (χ1n) is 6.46. The summed E-state index contributed by atoms with van der Waals surface area (Å²) in [6.45, 7) is 6.32. The molecule has 7 heteroatoms. The number of aliphatic hydroxyl groups excluding tert-OH is 3. The Morgan fingerprint density at radius 3 is 2.25 bits per heavy atom. The highest BCUT2D eigenvalue weighted by atomic mass is 16.7. The number of ether oxygens (including phenoxy) is 3. The molecule has 114 valence electrons. The summed E-state index contributed by atoms with van der Waals surface area (Å²) < 4.78 is 16.0. The molecule has 2 heterocycles. The molecule has 2 aliphatic heterocycles. The van der Waals surface area contributed by atoms with E-state index in [0.29, 0.717) is 5.76 Å². The Balaban J connectivity index is 2.14. The Labute approximate surface area is 116 Å². The van der Waals surface area contributed by atoms with Gasteiger partial charge in [0.2, 0.25) is 17.8 Å². The minimum Gasteiger partial charge on any atom is -0.480 e. The molecule has 0 amide bonds. The van der Waals surface area contributed by atoms with Crippen LogP contribution in [-0.2, 0) is 19.0 Å². The fourth-order valence-electron chi connectivity index (χ4n) is 2.27. The fourth-order valence-corrected chi connectivity index (χ4v) is 2.27. The molecule has 7 nitrogen and oxygen atoms in total. The molecule has 0 aliphatic carbocycles. The second kappa shape index (κ2) is 5.00. The number of hydrogen-bond acceptors (Lipinski definition) is 7. The second-order valence-electron chi connectivity index (χ2n) is 5.63. The largest absolute Gasteiger partial charge is 0.480 e. The maximum atomic E-state index is 12.1. The predicted octanol–water partition coefficient (Wildman–Crippen LogP) is -0.560. The summed E-state index contributed by atoms with van der Waals surface area (Å²) >= 11 is 0. The predicted molar refractivity (Wildman–Crippen MR) is 66.3 cm³/mol. The first kappa shape index (κ1) is 15.2. The maximum Gasteiger partial charge on any atom is 0.243 e. The lowest BCUT2D eigenvalue weighted by Crippen LogP contribution is -2.57. The van der Waals surface area contributed by atoms with Gasteiger partial charge in [0.1, 0.15) is 24.1 Å². The van der Waals surface area contributed by atoms with E-state index in [4.69, 9.17) is 14.2 Å². The molecule has 2 unspecified atom stereocenters. The highest BCUT2D eigenvalue weighted by molar-refractivity contribution is 6.02. The van der Waals surface area contributed by atoms with Crippen LogP contribution in [0.25, 0.3) is 0 Å². The van der Waals surface area contributed by atoms with Crippen LogP contribution in [-0.4, -0.2) is 57.4 Å². The van der Waals surface area contributed by atoms with Gasteiger partial charge < -0.3 is 29.5 Å². The molecule has 3 N–H and O–H groups in total. The highest BCUT2D eigenvalue weighted by Gasteiger charge is 2.47. The zero-order valence-electron chi connectivity index (χ0n) is 11.9. The number of aliphatic hydroxyl groups is 3. The van der Waals surface area contributed by atoms with E-state index in [1.165, 1.54) is 6.92 Å². The van der Waals surface area contributed by atoms with E-state index in [2.05, 4.69) is 0 Å². The van der Waals surface area contributed by atoms with Gasteiger partial charge in [-0.25, -0.2) is 0 Å². The molecule has 0 aromatic rings. The van der Waals surface area contributed by atoms with Crippen molar-refractivity contribution in [3.63, 3.8) is 0 Å². The zero-order valence-corrected chi connectivity index (χ0v) is 11.9. The summed E-state index contributed by atoms with van der Waals surface area (Å²) in [6, 6.07) is 0. The summed E-state index contributed by atoms with van der Waals surface area (Å²) in [5.41, 5.74) is -1.03. The van der Waals surface area contributed by atoms with Gasteiger partial charge in [-0.1, -0.05) is 0 Å². The molecule has 5 atom stereocenters. The van der Waals surface area contributed by atoms with Crippen molar-refractivity contribution in [2.75, 3.05) is 0 Å². The number of Topliss-reactive ketones (excluding diaryl/α,β-unsaturated/α-hetero) is 1. The third-order valence-electron chi connectivity index (χ3n) is 3.52. The molecule has 0 bridgehead atoms. The third kappa shape index (κ3) is 2.42. The van der Waals surface area contributed by atoms with Crippen molar-refractivity contribution in [3.05, 3.63) is 11.5 Å². The smallest absolute Gasteiger partial charge is 0.243 e. The second-order valence-corrected chi connectivity index (χ2v) is 5.63. The Kier molecular flexibility index (Phi) is 3.81. The van der Waals surface area contributed by atoms with Gasteiger partial charge in [-0.15, -0.1) is 0 Å². The maximum absolute atomic E-state index is 12.1. The Morgan fingerprint density at radius 2 is 1.75 bits per heavy atom. The van der Waals surface area contributed by atoms with Crippen molar-refractivity contribution in [3.8, 4) is 0 Å². The van der Waals surface area contributed by atoms with Gasteiger partial charge in [0.15, 0.2) is 5.60 Å². The molecule has 2 rings (SSSR count). The number of hydrogen-bond donors (Lipinski definition) is 3. The summed E-state index contributed by atoms with van der Waals surface area (Å²) in [7, 11) is 0.